The molecule has 2 aliphatic rings. The third kappa shape index (κ3) is 3.51. The van der Waals surface area contributed by atoms with Gasteiger partial charge >= 0.3 is 0 Å². The molecule has 1 aliphatic carbocycles. The predicted molar refractivity (Wildman–Crippen MR) is 122 cm³/mol. The van der Waals surface area contributed by atoms with Crippen molar-refractivity contribution in [1.29, 1.82) is 0 Å². The van der Waals surface area contributed by atoms with Gasteiger partial charge in [0.2, 0.25) is 5.91 Å². The number of carbonyl (C=O) groups excluding carboxylic acids is 2. The van der Waals surface area contributed by atoms with E-state index in [1.165, 1.54) is 0 Å². The molecule has 1 aliphatic heterocycles. The van der Waals surface area contributed by atoms with E-state index in [0.717, 1.165) is 42.1 Å². The number of hydrogen-bond donors (Lipinski definition) is 1. The largest absolute Gasteiger partial charge is 0.351 e. The van der Waals surface area contributed by atoms with Gasteiger partial charge in [-0.1, -0.05) is 54.8 Å². The van der Waals surface area contributed by atoms with Crippen molar-refractivity contribution < 1.29 is 9.59 Å². The highest BCUT2D eigenvalue weighted by molar-refractivity contribution is 6.30. The minimum absolute atomic E-state index is 0.0786. The van der Waals surface area contributed by atoms with E-state index in [-0.39, 0.29) is 17.9 Å². The average Bonchev–Trinajstić information content (AvgIpc) is 3.40. The number of nitrogens with zero attached hydrogens (tertiary/aromatic N) is 2. The van der Waals surface area contributed by atoms with Gasteiger partial charge in [-0.25, -0.2) is 0 Å². The maximum absolute atomic E-state index is 13.7. The number of amides is 2. The van der Waals surface area contributed by atoms with Crippen molar-refractivity contribution in [2.24, 2.45) is 0 Å². The number of nitrogens with one attached hydrogen (secondary N) is 1. The fourth-order valence-electron chi connectivity index (χ4n) is 4.94. The fourth-order valence-corrected chi connectivity index (χ4v) is 5.06. The number of hydrogen-bond acceptors (Lipinski definition) is 2. The molecule has 31 heavy (non-hydrogen) atoms. The summed E-state index contributed by atoms with van der Waals surface area (Å²) in [7, 11) is 0. The number of fused-ring (bicyclic) bond motifs is 3. The number of halogens is 1. The second-order valence-corrected chi connectivity index (χ2v) is 9.36. The maximum Gasteiger partial charge on any atom is 0.271 e. The molecule has 0 unspecified atom stereocenters. The van der Waals surface area contributed by atoms with Gasteiger partial charge in [-0.05, 0) is 49.6 Å². The van der Waals surface area contributed by atoms with Crippen molar-refractivity contribution in [2.75, 3.05) is 0 Å². The van der Waals surface area contributed by atoms with E-state index in [2.05, 4.69) is 5.32 Å². The van der Waals surface area contributed by atoms with Gasteiger partial charge in [0.25, 0.3) is 5.91 Å². The molecule has 160 valence electrons. The van der Waals surface area contributed by atoms with Crippen molar-refractivity contribution in [2.45, 2.75) is 57.3 Å². The van der Waals surface area contributed by atoms with Crippen LogP contribution in [0.4, 0.5) is 0 Å². The Balaban J connectivity index is 1.56. The van der Waals surface area contributed by atoms with Crippen molar-refractivity contribution in [3.8, 4) is 0 Å². The molecule has 1 N–H and O–H groups in total. The van der Waals surface area contributed by atoms with Gasteiger partial charge in [0.1, 0.15) is 11.2 Å². The quantitative estimate of drug-likeness (QED) is 0.641. The highest BCUT2D eigenvalue weighted by Crippen LogP contribution is 2.34. The number of carbonyl (C=O) groups is 2. The van der Waals surface area contributed by atoms with Gasteiger partial charge < -0.3 is 14.8 Å². The molecule has 0 radical (unpaired) electrons. The van der Waals surface area contributed by atoms with E-state index >= 15 is 0 Å². The Morgan fingerprint density at radius 1 is 1.13 bits per heavy atom. The summed E-state index contributed by atoms with van der Waals surface area (Å²) in [5.74, 6) is -0.202. The second kappa shape index (κ2) is 7.72. The van der Waals surface area contributed by atoms with Crippen LogP contribution in [0.15, 0.2) is 54.6 Å². The van der Waals surface area contributed by atoms with Gasteiger partial charge in [0, 0.05) is 28.5 Å². The zero-order valence-corrected chi connectivity index (χ0v) is 18.4. The van der Waals surface area contributed by atoms with Gasteiger partial charge in [-0.3, -0.25) is 9.59 Å². The van der Waals surface area contributed by atoms with Crippen LogP contribution in [0, 0.1) is 0 Å². The first-order valence-electron chi connectivity index (χ1n) is 10.9. The third-order valence-corrected chi connectivity index (χ3v) is 7.02. The van der Waals surface area contributed by atoms with E-state index in [9.17, 15) is 9.59 Å². The summed E-state index contributed by atoms with van der Waals surface area (Å²) >= 11 is 6.05. The number of benzene rings is 2. The molecule has 1 aromatic heterocycles. The van der Waals surface area contributed by atoms with Crippen LogP contribution in [0.2, 0.25) is 5.02 Å². The summed E-state index contributed by atoms with van der Waals surface area (Å²) in [6, 6.07) is 17.5. The Hall–Kier alpha value is -2.79. The van der Waals surface area contributed by atoms with Gasteiger partial charge in [-0.15, -0.1) is 0 Å². The Bertz CT molecular complexity index is 1150. The second-order valence-electron chi connectivity index (χ2n) is 8.92. The molecular formula is C25H26ClN3O2. The van der Waals surface area contributed by atoms with Crippen LogP contribution in [0.1, 0.15) is 48.7 Å². The van der Waals surface area contributed by atoms with E-state index in [0.29, 0.717) is 23.8 Å². The van der Waals surface area contributed by atoms with Crippen molar-refractivity contribution in [1.82, 2.24) is 14.8 Å². The molecule has 1 atom stereocenters. The van der Waals surface area contributed by atoms with E-state index in [1.807, 2.05) is 66.1 Å². The van der Waals surface area contributed by atoms with Crippen LogP contribution in [0.3, 0.4) is 0 Å². The standard InChI is InChI=1S/C25H26ClN3O2/c1-25(24(31)27-20-7-3-4-8-20)16-28-21-9-5-2-6-18(21)14-22(28)23(30)29(25)15-17-10-12-19(26)13-11-17/h2,5-6,9-14,20H,3-4,7-8,15-16H2,1H3,(H,27,31)/t25-/m1/s1. The fraction of sp³-hybridized carbons (Fsp3) is 0.360. The normalized spacial score (nSPS) is 21.5. The first-order valence-corrected chi connectivity index (χ1v) is 11.3. The van der Waals surface area contributed by atoms with Gasteiger partial charge in [0.05, 0.1) is 6.54 Å². The Labute approximate surface area is 187 Å². The summed E-state index contributed by atoms with van der Waals surface area (Å²) in [5.41, 5.74) is 1.56. The van der Waals surface area contributed by atoms with Crippen LogP contribution in [0.5, 0.6) is 0 Å². The average molecular weight is 436 g/mol. The summed E-state index contributed by atoms with van der Waals surface area (Å²) in [6.45, 7) is 2.67. The number of rotatable bonds is 4. The molecule has 1 fully saturated rings. The van der Waals surface area contributed by atoms with Crippen LogP contribution in [-0.2, 0) is 17.9 Å². The van der Waals surface area contributed by atoms with Crippen LogP contribution in [-0.4, -0.2) is 32.9 Å². The molecule has 0 spiro atoms. The van der Waals surface area contributed by atoms with Crippen LogP contribution in [0.25, 0.3) is 10.9 Å². The van der Waals surface area contributed by atoms with Crippen molar-refractivity contribution in [3.63, 3.8) is 0 Å². The first-order chi connectivity index (χ1) is 15.0. The molecule has 2 amide bonds. The summed E-state index contributed by atoms with van der Waals surface area (Å²) < 4.78 is 2.00. The highest BCUT2D eigenvalue weighted by Gasteiger charge is 2.48. The summed E-state index contributed by atoms with van der Waals surface area (Å²) in [4.78, 5) is 29.0. The molecular weight excluding hydrogens is 410 g/mol. The summed E-state index contributed by atoms with van der Waals surface area (Å²) in [5, 5.41) is 4.90. The Kier molecular flexibility index (Phi) is 5.01. The minimum Gasteiger partial charge on any atom is -0.351 e. The first kappa shape index (κ1) is 20.1. The number of aromatic nitrogens is 1. The summed E-state index contributed by atoms with van der Waals surface area (Å²) in [6.07, 6.45) is 4.29. The Morgan fingerprint density at radius 2 is 1.84 bits per heavy atom. The highest BCUT2D eigenvalue weighted by atomic mass is 35.5. The monoisotopic (exact) mass is 435 g/mol. The van der Waals surface area contributed by atoms with Crippen LogP contribution < -0.4 is 5.32 Å². The van der Waals surface area contributed by atoms with E-state index in [4.69, 9.17) is 11.6 Å². The lowest BCUT2D eigenvalue weighted by atomic mass is 9.93. The molecule has 6 heteroatoms. The van der Waals surface area contributed by atoms with E-state index < -0.39 is 5.54 Å². The topological polar surface area (TPSA) is 54.3 Å². The van der Waals surface area contributed by atoms with E-state index in [1.54, 1.807) is 4.90 Å². The smallest absolute Gasteiger partial charge is 0.271 e. The lowest BCUT2D eigenvalue weighted by molar-refractivity contribution is -0.133. The Morgan fingerprint density at radius 3 is 2.58 bits per heavy atom. The third-order valence-electron chi connectivity index (χ3n) is 6.77. The molecule has 5 rings (SSSR count). The molecule has 5 nitrogen and oxygen atoms in total. The van der Waals surface area contributed by atoms with Gasteiger partial charge in [-0.2, -0.15) is 0 Å². The zero-order chi connectivity index (χ0) is 21.6. The zero-order valence-electron chi connectivity index (χ0n) is 17.6. The van der Waals surface area contributed by atoms with Crippen LogP contribution >= 0.6 is 11.6 Å². The lowest BCUT2D eigenvalue weighted by Crippen LogP contribution is -2.64. The van der Waals surface area contributed by atoms with Gasteiger partial charge in [0.15, 0.2) is 0 Å². The molecule has 0 bridgehead atoms. The minimum atomic E-state index is -0.992. The number of para-hydroxylation sites is 1. The maximum atomic E-state index is 13.7. The van der Waals surface area contributed by atoms with Crippen molar-refractivity contribution >= 4 is 34.3 Å². The molecule has 3 aromatic rings. The van der Waals surface area contributed by atoms with Crippen molar-refractivity contribution in [3.05, 3.63) is 70.9 Å². The lowest BCUT2D eigenvalue weighted by Gasteiger charge is -2.44. The SMILES string of the molecule is C[C@]1(C(=O)NC2CCCC2)Cn2c(cc3ccccc32)C(=O)N1Cc1ccc(Cl)cc1. The molecule has 1 saturated carbocycles. The molecule has 2 heterocycles. The molecule has 2 aromatic carbocycles. The molecule has 0 saturated heterocycles. The predicted octanol–water partition coefficient (Wildman–Crippen LogP) is 4.77.